The van der Waals surface area contributed by atoms with Crippen molar-refractivity contribution in [3.63, 3.8) is 0 Å². The number of alkyl halides is 3. The average Bonchev–Trinajstić information content (AvgIpc) is 3.37. The zero-order valence-corrected chi connectivity index (χ0v) is 24.3. The first-order valence-corrected chi connectivity index (χ1v) is 13.8. The summed E-state index contributed by atoms with van der Waals surface area (Å²) in [7, 11) is 2.18. The molecule has 1 aliphatic heterocycles. The first-order valence-electron chi connectivity index (χ1n) is 13.8. The third kappa shape index (κ3) is 7.42. The molecule has 4 aromatic rings. The van der Waals surface area contributed by atoms with Crippen LogP contribution in [0.5, 0.6) is 0 Å². The summed E-state index contributed by atoms with van der Waals surface area (Å²) in [6.45, 7) is 12.0. The third-order valence-electron chi connectivity index (χ3n) is 7.35. The highest BCUT2D eigenvalue weighted by atomic mass is 19.4. The summed E-state index contributed by atoms with van der Waals surface area (Å²) < 4.78 is 31.7. The molecule has 226 valence electrons. The minimum Gasteiger partial charge on any atom is -0.475 e. The lowest BCUT2D eigenvalue weighted by atomic mass is 9.96. The number of anilines is 2. The fourth-order valence-corrected chi connectivity index (χ4v) is 4.82. The number of aliphatic carboxylic acids is 1. The van der Waals surface area contributed by atoms with Crippen molar-refractivity contribution >= 4 is 34.3 Å². The Bertz CT molecular complexity index is 1620. The summed E-state index contributed by atoms with van der Waals surface area (Å²) in [6.07, 6.45) is -0.937. The van der Waals surface area contributed by atoms with E-state index in [-0.39, 0.29) is 5.91 Å². The predicted molar refractivity (Wildman–Crippen MR) is 163 cm³/mol. The molecule has 43 heavy (non-hydrogen) atoms. The number of benzene rings is 2. The van der Waals surface area contributed by atoms with Gasteiger partial charge in [-0.1, -0.05) is 37.8 Å². The lowest BCUT2D eigenvalue weighted by Gasteiger charge is -2.34. The number of carboxylic acid groups (broad SMARTS) is 1. The molecular formula is C32H34F3N5O3. The maximum Gasteiger partial charge on any atom is 0.490 e. The minimum absolute atomic E-state index is 0.219. The minimum atomic E-state index is -5.08. The van der Waals surface area contributed by atoms with E-state index in [4.69, 9.17) is 14.9 Å². The number of hydrogen-bond donors (Lipinski definition) is 3. The van der Waals surface area contributed by atoms with Crippen LogP contribution in [0.1, 0.15) is 18.1 Å². The number of halogens is 3. The van der Waals surface area contributed by atoms with Crippen LogP contribution in [0.4, 0.5) is 24.5 Å². The van der Waals surface area contributed by atoms with Crippen molar-refractivity contribution in [1.29, 1.82) is 0 Å². The number of nitrogens with zero attached hydrogens (tertiary/aromatic N) is 3. The standard InChI is InChI=1S/C30H33N5O.C2HF3O2/c1-5-21-17-25-28(23-8-7-20(3)26(18-23)32-27(36)6-2)29(33-30(25)31-19-21)22-9-11-24(12-10-22)35-15-13-34(4)14-16-35;3-2(4,5)1(6)7/h6-12,17-19H,2,5,13-16H2,1,3-4H3,(H,31,33)(H,32,36);(H,6,7). The van der Waals surface area contributed by atoms with Crippen molar-refractivity contribution < 1.29 is 27.9 Å². The second kappa shape index (κ2) is 13.1. The van der Waals surface area contributed by atoms with Gasteiger partial charge in [-0.15, -0.1) is 0 Å². The smallest absolute Gasteiger partial charge is 0.475 e. The van der Waals surface area contributed by atoms with Crippen molar-refractivity contribution in [2.24, 2.45) is 0 Å². The zero-order valence-electron chi connectivity index (χ0n) is 24.3. The van der Waals surface area contributed by atoms with Gasteiger partial charge >= 0.3 is 12.1 Å². The van der Waals surface area contributed by atoms with Crippen molar-refractivity contribution in [2.75, 3.05) is 43.4 Å². The van der Waals surface area contributed by atoms with E-state index in [9.17, 15) is 18.0 Å². The second-order valence-electron chi connectivity index (χ2n) is 10.3. The van der Waals surface area contributed by atoms with Gasteiger partial charge in [0, 0.05) is 54.7 Å². The number of carbonyl (C=O) groups is 2. The number of likely N-dealkylation sites (N-methyl/N-ethyl adjacent to an activating group) is 1. The van der Waals surface area contributed by atoms with Crippen LogP contribution in [-0.4, -0.2) is 71.3 Å². The van der Waals surface area contributed by atoms with E-state index in [1.54, 1.807) is 0 Å². The highest BCUT2D eigenvalue weighted by Crippen LogP contribution is 2.40. The molecule has 2 aromatic heterocycles. The van der Waals surface area contributed by atoms with Gasteiger partial charge in [-0.05, 0) is 73.0 Å². The van der Waals surface area contributed by atoms with Crippen molar-refractivity contribution in [2.45, 2.75) is 26.4 Å². The number of rotatable bonds is 6. The van der Waals surface area contributed by atoms with Gasteiger partial charge in [0.15, 0.2) is 0 Å². The van der Waals surface area contributed by atoms with Crippen LogP contribution in [0, 0.1) is 6.92 Å². The lowest BCUT2D eigenvalue weighted by Crippen LogP contribution is -2.44. The largest absolute Gasteiger partial charge is 0.490 e. The maximum atomic E-state index is 12.0. The Morgan fingerprint density at radius 1 is 1.07 bits per heavy atom. The number of pyridine rings is 1. The second-order valence-corrected chi connectivity index (χ2v) is 10.3. The van der Waals surface area contributed by atoms with Gasteiger partial charge in [-0.25, -0.2) is 9.78 Å². The zero-order chi connectivity index (χ0) is 31.3. The van der Waals surface area contributed by atoms with Gasteiger partial charge in [-0.2, -0.15) is 13.2 Å². The molecule has 1 fully saturated rings. The molecule has 0 unspecified atom stereocenters. The van der Waals surface area contributed by atoms with Crippen LogP contribution in [0.2, 0.25) is 0 Å². The molecule has 0 radical (unpaired) electrons. The molecule has 5 rings (SSSR count). The van der Waals surface area contributed by atoms with Gasteiger partial charge < -0.3 is 25.2 Å². The van der Waals surface area contributed by atoms with Crippen LogP contribution < -0.4 is 10.2 Å². The van der Waals surface area contributed by atoms with E-state index >= 15 is 0 Å². The molecule has 0 aliphatic carbocycles. The Morgan fingerprint density at radius 3 is 2.28 bits per heavy atom. The van der Waals surface area contributed by atoms with Crippen molar-refractivity contribution in [1.82, 2.24) is 14.9 Å². The molecule has 1 amide bonds. The number of amides is 1. The third-order valence-corrected chi connectivity index (χ3v) is 7.35. The molecule has 0 bridgehead atoms. The van der Waals surface area contributed by atoms with E-state index in [2.05, 4.69) is 77.0 Å². The molecule has 8 nitrogen and oxygen atoms in total. The first-order chi connectivity index (χ1) is 20.4. The number of aromatic nitrogens is 2. The highest BCUT2D eigenvalue weighted by molar-refractivity contribution is 6.04. The Balaban J connectivity index is 0.000000541. The summed E-state index contributed by atoms with van der Waals surface area (Å²) >= 11 is 0. The number of hydrogen-bond acceptors (Lipinski definition) is 5. The van der Waals surface area contributed by atoms with Crippen LogP contribution in [0.3, 0.4) is 0 Å². The fraction of sp³-hybridized carbons (Fsp3) is 0.281. The Hall–Kier alpha value is -4.64. The molecule has 11 heteroatoms. The summed E-state index contributed by atoms with van der Waals surface area (Å²) in [4.78, 5) is 34.1. The van der Waals surface area contributed by atoms with Gasteiger partial charge in [0.25, 0.3) is 0 Å². The number of carboxylic acids is 1. The highest BCUT2D eigenvalue weighted by Gasteiger charge is 2.38. The number of nitrogens with one attached hydrogen (secondary N) is 2. The van der Waals surface area contributed by atoms with E-state index < -0.39 is 12.1 Å². The summed E-state index contributed by atoms with van der Waals surface area (Å²) in [5.74, 6) is -2.98. The molecular weight excluding hydrogens is 559 g/mol. The van der Waals surface area contributed by atoms with E-state index in [1.165, 1.54) is 17.3 Å². The van der Waals surface area contributed by atoms with Gasteiger partial charge in [0.05, 0.1) is 5.69 Å². The molecule has 3 N–H and O–H groups in total. The van der Waals surface area contributed by atoms with Gasteiger partial charge in [0.2, 0.25) is 5.91 Å². The maximum absolute atomic E-state index is 12.0. The number of fused-ring (bicyclic) bond motifs is 1. The molecule has 0 saturated carbocycles. The Kier molecular flexibility index (Phi) is 9.55. The summed E-state index contributed by atoms with van der Waals surface area (Å²) in [5.41, 5.74) is 9.33. The normalized spacial score (nSPS) is 13.8. The Morgan fingerprint density at radius 2 is 1.70 bits per heavy atom. The number of H-pyrrole nitrogens is 1. The molecule has 2 aromatic carbocycles. The molecule has 0 spiro atoms. The summed E-state index contributed by atoms with van der Waals surface area (Å²) in [5, 5.41) is 11.2. The number of aromatic amines is 1. The van der Waals surface area contributed by atoms with Crippen LogP contribution in [0.25, 0.3) is 33.4 Å². The predicted octanol–water partition coefficient (Wildman–Crippen LogP) is 6.28. The number of carbonyl (C=O) groups excluding carboxylic acids is 1. The SMILES string of the molecule is C=CC(=O)Nc1cc(-c2c(-c3ccc(N4CCN(C)CC4)cc3)[nH]c3ncc(CC)cc23)ccc1C.O=C(O)C(F)(F)F. The van der Waals surface area contributed by atoms with Crippen molar-refractivity contribution in [3.05, 3.63) is 78.5 Å². The average molecular weight is 594 g/mol. The Labute approximate surface area is 247 Å². The van der Waals surface area contributed by atoms with E-state index in [0.717, 1.165) is 77.3 Å². The van der Waals surface area contributed by atoms with Crippen molar-refractivity contribution in [3.8, 4) is 22.4 Å². The lowest BCUT2D eigenvalue weighted by molar-refractivity contribution is -0.192. The quantitative estimate of drug-likeness (QED) is 0.228. The fourth-order valence-electron chi connectivity index (χ4n) is 4.82. The molecule has 1 saturated heterocycles. The van der Waals surface area contributed by atoms with Crippen LogP contribution in [0.15, 0.2) is 67.4 Å². The number of aryl methyl sites for hydroxylation is 2. The molecule has 3 heterocycles. The van der Waals surface area contributed by atoms with Crippen LogP contribution >= 0.6 is 0 Å². The topological polar surface area (TPSA) is 102 Å². The monoisotopic (exact) mass is 593 g/mol. The summed E-state index contributed by atoms with van der Waals surface area (Å²) in [6, 6.07) is 17.2. The van der Waals surface area contributed by atoms with Gasteiger partial charge in [-0.3, -0.25) is 4.79 Å². The van der Waals surface area contributed by atoms with E-state index in [1.807, 2.05) is 25.3 Å². The first kappa shape index (κ1) is 31.3. The van der Waals surface area contributed by atoms with E-state index in [0.29, 0.717) is 0 Å². The van der Waals surface area contributed by atoms with Crippen LogP contribution in [-0.2, 0) is 16.0 Å². The molecule has 0 atom stereocenters. The van der Waals surface area contributed by atoms with Gasteiger partial charge in [0.1, 0.15) is 5.65 Å². The molecule has 1 aliphatic rings. The number of piperazine rings is 1.